The van der Waals surface area contributed by atoms with Crippen molar-refractivity contribution in [3.8, 4) is 0 Å². The molecule has 0 aromatic carbocycles. The highest BCUT2D eigenvalue weighted by Gasteiger charge is 2.28. The molecule has 2 heterocycles. The number of Topliss-reactive ketones (excluding diaryl/α,β-unsaturated/α-hetero) is 1. The number of hydrogen-bond acceptors (Lipinski definition) is 8. The van der Waals surface area contributed by atoms with Gasteiger partial charge in [-0.25, -0.2) is 14.6 Å². The second-order valence-corrected chi connectivity index (χ2v) is 12.5. The summed E-state index contributed by atoms with van der Waals surface area (Å²) in [7, 11) is 1.72. The van der Waals surface area contributed by atoms with E-state index >= 15 is 0 Å². The standard InChI is InChI=1S/C28H45N5O4S2/c1-8-20(10-11-21(9-2)31-28(36)37-15-23-13-29-17-39-23)12-24(34)25(18(3)4)32-27(35)33(7)14-22-16-38-26(30-22)19(5)6/h13,16-21,25H,8-12,14-15H2,1-7H3,(H,31,36)(H,32,35). The molecule has 0 aliphatic rings. The minimum absolute atomic E-state index is 0.0284. The van der Waals surface area contributed by atoms with E-state index in [2.05, 4.69) is 41.4 Å². The van der Waals surface area contributed by atoms with Crippen molar-refractivity contribution in [2.45, 2.75) is 105 Å². The molecule has 2 N–H and O–H groups in total. The first kappa shape index (κ1) is 32.7. The Bertz CT molecular complexity index is 1030. The van der Waals surface area contributed by atoms with Gasteiger partial charge in [0.2, 0.25) is 0 Å². The number of ether oxygens (including phenoxy) is 1. The van der Waals surface area contributed by atoms with E-state index in [1.54, 1.807) is 35.0 Å². The van der Waals surface area contributed by atoms with E-state index in [4.69, 9.17) is 4.74 Å². The zero-order valence-corrected chi connectivity index (χ0v) is 26.0. The number of ketones is 1. The Morgan fingerprint density at radius 1 is 1.05 bits per heavy atom. The molecule has 3 amide bonds. The first-order valence-electron chi connectivity index (χ1n) is 13.8. The van der Waals surface area contributed by atoms with Crippen molar-refractivity contribution >= 4 is 40.6 Å². The number of thiazole rings is 2. The minimum Gasteiger partial charge on any atom is -0.444 e. The highest BCUT2D eigenvalue weighted by molar-refractivity contribution is 7.09. The second-order valence-electron chi connectivity index (χ2n) is 10.7. The maximum absolute atomic E-state index is 13.3. The van der Waals surface area contributed by atoms with Crippen LogP contribution in [0.25, 0.3) is 0 Å². The van der Waals surface area contributed by atoms with Gasteiger partial charge in [0.15, 0.2) is 5.78 Å². The zero-order chi connectivity index (χ0) is 28.9. The van der Waals surface area contributed by atoms with E-state index in [1.807, 2.05) is 26.2 Å². The lowest BCUT2D eigenvalue weighted by Crippen LogP contribution is -2.49. The predicted molar refractivity (Wildman–Crippen MR) is 157 cm³/mol. The third-order valence-corrected chi connectivity index (χ3v) is 8.68. The molecular formula is C28H45N5O4S2. The average molecular weight is 580 g/mol. The summed E-state index contributed by atoms with van der Waals surface area (Å²) in [6.07, 6.45) is 4.81. The van der Waals surface area contributed by atoms with Crippen LogP contribution in [0.15, 0.2) is 17.1 Å². The molecule has 0 saturated carbocycles. The summed E-state index contributed by atoms with van der Waals surface area (Å²) in [5.41, 5.74) is 2.56. The quantitative estimate of drug-likeness (QED) is 0.239. The van der Waals surface area contributed by atoms with E-state index in [0.29, 0.717) is 18.9 Å². The molecule has 0 saturated heterocycles. The number of alkyl carbamates (subject to hydrolysis) is 1. The fraction of sp³-hybridized carbons (Fsp3) is 0.679. The van der Waals surface area contributed by atoms with Gasteiger partial charge in [0, 0.05) is 37.0 Å². The van der Waals surface area contributed by atoms with Crippen molar-refractivity contribution in [2.24, 2.45) is 11.8 Å². The lowest BCUT2D eigenvalue weighted by atomic mass is 9.87. The molecule has 0 bridgehead atoms. The number of nitrogens with one attached hydrogen (secondary N) is 2. The van der Waals surface area contributed by atoms with Gasteiger partial charge in [0.1, 0.15) is 6.61 Å². The summed E-state index contributed by atoms with van der Waals surface area (Å²) in [5, 5.41) is 8.93. The van der Waals surface area contributed by atoms with E-state index < -0.39 is 12.1 Å². The summed E-state index contributed by atoms with van der Waals surface area (Å²) in [4.78, 5) is 49.5. The molecule has 218 valence electrons. The average Bonchev–Trinajstić information content (AvgIpc) is 3.59. The van der Waals surface area contributed by atoms with Crippen molar-refractivity contribution in [3.05, 3.63) is 32.7 Å². The number of hydrogen-bond donors (Lipinski definition) is 2. The van der Waals surface area contributed by atoms with Gasteiger partial charge in [-0.3, -0.25) is 9.78 Å². The Morgan fingerprint density at radius 2 is 1.79 bits per heavy atom. The fourth-order valence-electron chi connectivity index (χ4n) is 4.17. The van der Waals surface area contributed by atoms with Gasteiger partial charge in [0.25, 0.3) is 0 Å². The molecule has 0 fully saturated rings. The Labute approximate surface area is 241 Å². The molecule has 0 spiro atoms. The molecule has 11 heteroatoms. The zero-order valence-electron chi connectivity index (χ0n) is 24.4. The van der Waals surface area contributed by atoms with Gasteiger partial charge in [-0.15, -0.1) is 22.7 Å². The van der Waals surface area contributed by atoms with E-state index in [0.717, 1.165) is 41.3 Å². The summed E-state index contributed by atoms with van der Waals surface area (Å²) in [6.45, 7) is 12.8. The Morgan fingerprint density at radius 3 is 2.36 bits per heavy atom. The molecule has 2 aromatic rings. The van der Waals surface area contributed by atoms with Crippen molar-refractivity contribution < 1.29 is 19.1 Å². The van der Waals surface area contributed by atoms with E-state index in [-0.39, 0.29) is 36.3 Å². The lowest BCUT2D eigenvalue weighted by Gasteiger charge is -2.27. The number of nitrogens with zero attached hydrogens (tertiary/aromatic N) is 3. The highest BCUT2D eigenvalue weighted by atomic mass is 32.1. The van der Waals surface area contributed by atoms with Crippen molar-refractivity contribution in [3.63, 3.8) is 0 Å². The van der Waals surface area contributed by atoms with Gasteiger partial charge < -0.3 is 20.3 Å². The van der Waals surface area contributed by atoms with Crippen LogP contribution in [0.4, 0.5) is 9.59 Å². The number of urea groups is 1. The Kier molecular flexibility index (Phi) is 13.9. The van der Waals surface area contributed by atoms with Gasteiger partial charge in [-0.2, -0.15) is 0 Å². The van der Waals surface area contributed by atoms with E-state index in [1.165, 1.54) is 11.3 Å². The van der Waals surface area contributed by atoms with Crippen LogP contribution >= 0.6 is 22.7 Å². The van der Waals surface area contributed by atoms with Crippen LogP contribution in [-0.4, -0.2) is 51.9 Å². The number of amides is 3. The molecule has 0 radical (unpaired) electrons. The Hall–Kier alpha value is -2.53. The van der Waals surface area contributed by atoms with Crippen LogP contribution in [0.1, 0.15) is 95.1 Å². The number of aromatic nitrogens is 2. The maximum atomic E-state index is 13.3. The predicted octanol–water partition coefficient (Wildman–Crippen LogP) is 6.36. The monoisotopic (exact) mass is 579 g/mol. The van der Waals surface area contributed by atoms with E-state index in [9.17, 15) is 14.4 Å². The first-order chi connectivity index (χ1) is 18.5. The van der Waals surface area contributed by atoms with Gasteiger partial charge in [-0.05, 0) is 31.1 Å². The lowest BCUT2D eigenvalue weighted by molar-refractivity contribution is -0.122. The third-order valence-electron chi connectivity index (χ3n) is 6.74. The highest BCUT2D eigenvalue weighted by Crippen LogP contribution is 2.22. The molecule has 0 aliphatic heterocycles. The smallest absolute Gasteiger partial charge is 0.407 e. The largest absolute Gasteiger partial charge is 0.444 e. The van der Waals surface area contributed by atoms with Crippen LogP contribution < -0.4 is 10.6 Å². The second kappa shape index (κ2) is 16.5. The third kappa shape index (κ3) is 11.2. The van der Waals surface area contributed by atoms with Crippen molar-refractivity contribution in [1.29, 1.82) is 0 Å². The van der Waals surface area contributed by atoms with Gasteiger partial charge in [-0.1, -0.05) is 48.0 Å². The fourth-order valence-corrected chi connectivity index (χ4v) is 5.51. The molecule has 3 unspecified atom stereocenters. The summed E-state index contributed by atoms with van der Waals surface area (Å²) < 4.78 is 5.30. The van der Waals surface area contributed by atoms with Crippen LogP contribution in [0, 0.1) is 11.8 Å². The van der Waals surface area contributed by atoms with Crippen LogP contribution in [0.3, 0.4) is 0 Å². The van der Waals surface area contributed by atoms with Crippen molar-refractivity contribution in [1.82, 2.24) is 25.5 Å². The number of rotatable bonds is 16. The first-order valence-corrected chi connectivity index (χ1v) is 15.6. The van der Waals surface area contributed by atoms with Crippen molar-refractivity contribution in [2.75, 3.05) is 7.05 Å². The molecule has 3 atom stereocenters. The molecular weight excluding hydrogens is 534 g/mol. The van der Waals surface area contributed by atoms with Gasteiger partial charge in [0.05, 0.1) is 33.7 Å². The maximum Gasteiger partial charge on any atom is 0.407 e. The topological polar surface area (TPSA) is 114 Å². The summed E-state index contributed by atoms with van der Waals surface area (Å²) in [5.74, 6) is 0.530. The number of carbonyl (C=O) groups is 3. The molecule has 2 rings (SSSR count). The normalized spacial score (nSPS) is 13.7. The van der Waals surface area contributed by atoms with Crippen LogP contribution in [0.2, 0.25) is 0 Å². The minimum atomic E-state index is -0.558. The molecule has 39 heavy (non-hydrogen) atoms. The van der Waals surface area contributed by atoms with Gasteiger partial charge >= 0.3 is 12.1 Å². The summed E-state index contributed by atoms with van der Waals surface area (Å²) >= 11 is 3.05. The molecule has 9 nitrogen and oxygen atoms in total. The SMILES string of the molecule is CCC(CCC(CC)NC(=O)OCc1cncs1)CC(=O)C(NC(=O)N(C)Cc1csc(C(C)C)n1)C(C)C. The number of carbonyl (C=O) groups excluding carboxylic acids is 3. The van der Waals surface area contributed by atoms with Crippen LogP contribution in [-0.2, 0) is 22.7 Å². The summed E-state index contributed by atoms with van der Waals surface area (Å²) in [6, 6.07) is -0.863. The molecule has 2 aromatic heterocycles. The molecule has 0 aliphatic carbocycles. The Balaban J connectivity index is 1.85. The van der Waals surface area contributed by atoms with Crippen LogP contribution in [0.5, 0.6) is 0 Å².